The SMILES string of the molecule is CC(C)c1nc(CN(C)C(=O)N[C@H](C(=O)NN(C(=O)OCc2ccno2)C(Cc2ccccc2)C(O)C(O)CCc2ccccc2)C(C)C)co1. The first kappa shape index (κ1) is 38.6. The molecule has 4 aromatic rings. The zero-order chi connectivity index (χ0) is 36.9. The Kier molecular flexibility index (Phi) is 14.1. The predicted molar refractivity (Wildman–Crippen MR) is 187 cm³/mol. The maximum Gasteiger partial charge on any atom is 0.429 e. The molecule has 4 N–H and O–H groups in total. The number of aliphatic hydroxyl groups is 2. The Morgan fingerprint density at radius 2 is 1.61 bits per heavy atom. The molecule has 4 amide bonds. The van der Waals surface area contributed by atoms with Gasteiger partial charge < -0.3 is 34.1 Å². The van der Waals surface area contributed by atoms with Crippen LogP contribution in [0.1, 0.15) is 68.5 Å². The van der Waals surface area contributed by atoms with Crippen LogP contribution in [0.3, 0.4) is 0 Å². The fourth-order valence-electron chi connectivity index (χ4n) is 5.33. The van der Waals surface area contributed by atoms with E-state index in [2.05, 4.69) is 20.9 Å². The van der Waals surface area contributed by atoms with E-state index in [0.717, 1.165) is 16.1 Å². The summed E-state index contributed by atoms with van der Waals surface area (Å²) in [7, 11) is 1.56. The van der Waals surface area contributed by atoms with Gasteiger partial charge in [0.25, 0.3) is 5.91 Å². The molecule has 0 aliphatic carbocycles. The molecule has 0 bridgehead atoms. The van der Waals surface area contributed by atoms with Gasteiger partial charge in [-0.25, -0.2) is 19.6 Å². The normalized spacial score (nSPS) is 13.7. The van der Waals surface area contributed by atoms with Crippen molar-refractivity contribution in [2.45, 2.75) is 90.3 Å². The molecule has 0 saturated heterocycles. The lowest BCUT2D eigenvalue weighted by Crippen LogP contribution is -2.63. The molecule has 0 aliphatic rings. The summed E-state index contributed by atoms with van der Waals surface area (Å²) in [5.74, 6) is -0.294. The second kappa shape index (κ2) is 18.7. The lowest BCUT2D eigenvalue weighted by molar-refractivity contribution is -0.132. The first-order valence-corrected chi connectivity index (χ1v) is 17.0. The topological polar surface area (TPSA) is 183 Å². The fraction of sp³-hybridized carbons (Fsp3) is 0.432. The largest absolute Gasteiger partial charge is 0.448 e. The van der Waals surface area contributed by atoms with Gasteiger partial charge in [0.05, 0.1) is 30.6 Å². The molecule has 0 saturated carbocycles. The van der Waals surface area contributed by atoms with Crippen molar-refractivity contribution in [2.24, 2.45) is 5.92 Å². The molecule has 2 heterocycles. The second-order valence-electron chi connectivity index (χ2n) is 13.1. The van der Waals surface area contributed by atoms with E-state index < -0.39 is 48.2 Å². The van der Waals surface area contributed by atoms with E-state index in [0.29, 0.717) is 18.0 Å². The van der Waals surface area contributed by atoms with Crippen molar-refractivity contribution >= 4 is 18.0 Å². The van der Waals surface area contributed by atoms with Crippen LogP contribution >= 0.6 is 0 Å². The van der Waals surface area contributed by atoms with Crippen LogP contribution in [0.15, 0.2) is 88.1 Å². The zero-order valence-electron chi connectivity index (χ0n) is 29.6. The molecule has 4 rings (SSSR count). The van der Waals surface area contributed by atoms with Gasteiger partial charge in [-0.15, -0.1) is 0 Å². The molecular weight excluding hydrogens is 656 g/mol. The van der Waals surface area contributed by atoms with Crippen molar-refractivity contribution in [3.8, 4) is 0 Å². The van der Waals surface area contributed by atoms with Gasteiger partial charge in [0.1, 0.15) is 18.4 Å². The number of aliphatic hydroxyl groups excluding tert-OH is 2. The van der Waals surface area contributed by atoms with E-state index >= 15 is 0 Å². The molecule has 14 nitrogen and oxygen atoms in total. The van der Waals surface area contributed by atoms with E-state index in [1.807, 2.05) is 62.4 Å². The minimum absolute atomic E-state index is 0.0413. The predicted octanol–water partition coefficient (Wildman–Crippen LogP) is 4.59. The van der Waals surface area contributed by atoms with Crippen LogP contribution in [-0.2, 0) is 35.5 Å². The van der Waals surface area contributed by atoms with Gasteiger partial charge in [-0.05, 0) is 36.3 Å². The Morgan fingerprint density at radius 3 is 2.20 bits per heavy atom. The Balaban J connectivity index is 1.57. The number of nitrogens with one attached hydrogen (secondary N) is 2. The molecule has 0 fully saturated rings. The van der Waals surface area contributed by atoms with Gasteiger partial charge in [0.15, 0.2) is 18.3 Å². The molecular formula is C37H48N6O8. The lowest BCUT2D eigenvalue weighted by atomic mass is 9.94. The van der Waals surface area contributed by atoms with Gasteiger partial charge >= 0.3 is 12.1 Å². The number of amides is 4. The number of ether oxygens (including phenoxy) is 1. The number of benzene rings is 2. The highest BCUT2D eigenvalue weighted by Crippen LogP contribution is 2.20. The van der Waals surface area contributed by atoms with Crippen LogP contribution in [-0.4, -0.2) is 79.6 Å². The molecule has 0 aliphatic heterocycles. The van der Waals surface area contributed by atoms with E-state index in [1.54, 1.807) is 33.0 Å². The number of urea groups is 1. The van der Waals surface area contributed by atoms with Crippen LogP contribution in [0.4, 0.5) is 9.59 Å². The third-order valence-corrected chi connectivity index (χ3v) is 8.27. The summed E-state index contributed by atoms with van der Waals surface area (Å²) in [6, 6.07) is 17.2. The summed E-state index contributed by atoms with van der Waals surface area (Å²) < 4.78 is 16.1. The summed E-state index contributed by atoms with van der Waals surface area (Å²) in [6.07, 6.45) is -0.278. The number of aryl methyl sites for hydroxylation is 1. The lowest BCUT2D eigenvalue weighted by Gasteiger charge is -2.37. The number of nitrogens with zero attached hydrogens (tertiary/aromatic N) is 4. The summed E-state index contributed by atoms with van der Waals surface area (Å²) in [5.41, 5.74) is 4.84. The minimum Gasteiger partial charge on any atom is -0.448 e. The van der Waals surface area contributed by atoms with Crippen LogP contribution in [0.2, 0.25) is 0 Å². The number of hydrazine groups is 1. The smallest absolute Gasteiger partial charge is 0.429 e. The average Bonchev–Trinajstić information content (AvgIpc) is 3.83. The quantitative estimate of drug-likeness (QED) is 0.120. The molecule has 0 spiro atoms. The highest BCUT2D eigenvalue weighted by Gasteiger charge is 2.38. The van der Waals surface area contributed by atoms with E-state index in [1.165, 1.54) is 23.4 Å². The minimum atomic E-state index is -1.52. The van der Waals surface area contributed by atoms with Gasteiger partial charge in [0.2, 0.25) is 0 Å². The summed E-state index contributed by atoms with van der Waals surface area (Å²) >= 11 is 0. The van der Waals surface area contributed by atoms with Crippen LogP contribution < -0.4 is 10.7 Å². The fourth-order valence-corrected chi connectivity index (χ4v) is 5.33. The third-order valence-electron chi connectivity index (χ3n) is 8.27. The highest BCUT2D eigenvalue weighted by atomic mass is 16.6. The molecule has 4 atom stereocenters. The van der Waals surface area contributed by atoms with Gasteiger partial charge in [0, 0.05) is 19.0 Å². The maximum atomic E-state index is 14.0. The van der Waals surface area contributed by atoms with E-state index in [4.69, 9.17) is 13.7 Å². The maximum absolute atomic E-state index is 14.0. The zero-order valence-corrected chi connectivity index (χ0v) is 29.6. The van der Waals surface area contributed by atoms with Crippen LogP contribution in [0, 0.1) is 5.92 Å². The van der Waals surface area contributed by atoms with E-state index in [-0.39, 0.29) is 37.7 Å². The molecule has 274 valence electrons. The van der Waals surface area contributed by atoms with Crippen LogP contribution in [0.25, 0.3) is 0 Å². The summed E-state index contributed by atoms with van der Waals surface area (Å²) in [5, 5.41) is 30.2. The Hall–Kier alpha value is -5.21. The Bertz CT molecular complexity index is 1650. The monoisotopic (exact) mass is 704 g/mol. The van der Waals surface area contributed by atoms with E-state index in [9.17, 15) is 24.6 Å². The summed E-state index contributed by atoms with van der Waals surface area (Å²) in [6.45, 7) is 7.19. The first-order valence-electron chi connectivity index (χ1n) is 17.0. The standard InChI is InChI=1S/C37H48N6O8/c1-24(2)32(40-36(47)42(5)21-28-22-49-35(39-28)25(3)4)34(46)41-43(37(48)50-23-29-18-19-38-51-29)30(20-27-14-10-7-11-15-27)33(45)31(44)17-16-26-12-8-6-9-13-26/h6-15,18-19,22,24-25,30-33,44-45H,16-17,20-21,23H2,1-5H3,(H,40,47)(H,41,46)/t30?,31?,32-,33?/m0/s1. The first-order chi connectivity index (χ1) is 24.4. The molecule has 2 aromatic heterocycles. The number of hydrogen-bond acceptors (Lipinski definition) is 10. The van der Waals surface area contributed by atoms with Gasteiger partial charge in [-0.2, -0.15) is 0 Å². The van der Waals surface area contributed by atoms with Crippen molar-refractivity contribution in [2.75, 3.05) is 7.05 Å². The van der Waals surface area contributed by atoms with Crippen molar-refractivity contribution in [1.29, 1.82) is 0 Å². The number of aromatic nitrogens is 2. The van der Waals surface area contributed by atoms with Crippen molar-refractivity contribution in [1.82, 2.24) is 30.8 Å². The second-order valence-corrected chi connectivity index (χ2v) is 13.1. The summed E-state index contributed by atoms with van der Waals surface area (Å²) in [4.78, 5) is 46.9. The van der Waals surface area contributed by atoms with Gasteiger partial charge in [-0.3, -0.25) is 10.2 Å². The van der Waals surface area contributed by atoms with Gasteiger partial charge in [-0.1, -0.05) is 93.5 Å². The number of rotatable bonds is 16. The molecule has 14 heteroatoms. The molecule has 0 radical (unpaired) electrons. The number of oxazole rings is 1. The Labute approximate surface area is 297 Å². The highest BCUT2D eigenvalue weighted by molar-refractivity contribution is 5.88. The van der Waals surface area contributed by atoms with Crippen molar-refractivity contribution in [3.05, 3.63) is 108 Å². The molecule has 2 aromatic carbocycles. The number of carbonyl (C=O) groups excluding carboxylic acids is 3. The van der Waals surface area contributed by atoms with Crippen molar-refractivity contribution in [3.63, 3.8) is 0 Å². The number of carbonyl (C=O) groups is 3. The average molecular weight is 705 g/mol. The number of hydrogen-bond donors (Lipinski definition) is 4. The molecule has 51 heavy (non-hydrogen) atoms. The Morgan fingerprint density at radius 1 is 0.941 bits per heavy atom. The molecule has 3 unspecified atom stereocenters. The third kappa shape index (κ3) is 11.4. The van der Waals surface area contributed by atoms with Crippen molar-refractivity contribution < 1.29 is 38.3 Å². The van der Waals surface area contributed by atoms with Crippen LogP contribution in [0.5, 0.6) is 0 Å².